The number of anilines is 2. The van der Waals surface area contributed by atoms with Crippen molar-refractivity contribution in [3.8, 4) is 17.2 Å². The van der Waals surface area contributed by atoms with Crippen LogP contribution in [0.3, 0.4) is 0 Å². The van der Waals surface area contributed by atoms with Crippen molar-refractivity contribution in [2.75, 3.05) is 43.6 Å². The molecule has 1 amide bonds. The fourth-order valence-corrected chi connectivity index (χ4v) is 3.09. The molecule has 0 saturated carbocycles. The molecule has 0 radical (unpaired) electrons. The molecule has 2 aromatic rings. The molecule has 0 fully saturated rings. The summed E-state index contributed by atoms with van der Waals surface area (Å²) in [4.78, 5) is 14.5. The van der Waals surface area contributed by atoms with Gasteiger partial charge in [0, 0.05) is 30.5 Å². The van der Waals surface area contributed by atoms with Crippen molar-refractivity contribution in [2.45, 2.75) is 13.8 Å². The molecule has 0 spiro atoms. The zero-order chi connectivity index (χ0) is 19.9. The van der Waals surface area contributed by atoms with Crippen LogP contribution in [0.15, 0.2) is 42.5 Å². The minimum Gasteiger partial charge on any atom is -0.493 e. The Hall–Kier alpha value is -3.15. The van der Waals surface area contributed by atoms with Crippen LogP contribution in [0.25, 0.3) is 6.08 Å². The maximum Gasteiger partial charge on any atom is 0.248 e. The number of rotatable bonds is 7. The van der Waals surface area contributed by atoms with Crippen molar-refractivity contribution >= 4 is 23.4 Å². The van der Waals surface area contributed by atoms with Gasteiger partial charge in [-0.25, -0.2) is 0 Å². The third kappa shape index (κ3) is 4.57. The lowest BCUT2D eigenvalue weighted by molar-refractivity contribution is -0.111. The fraction of sp³-hybridized carbons (Fsp3) is 0.318. The van der Waals surface area contributed by atoms with E-state index in [1.165, 1.54) is 6.08 Å². The second-order valence-electron chi connectivity index (χ2n) is 6.29. The highest BCUT2D eigenvalue weighted by atomic mass is 16.6. The first-order valence-electron chi connectivity index (χ1n) is 9.46. The predicted octanol–water partition coefficient (Wildman–Crippen LogP) is 3.96. The van der Waals surface area contributed by atoms with E-state index in [-0.39, 0.29) is 5.91 Å². The molecule has 1 aliphatic rings. The van der Waals surface area contributed by atoms with Crippen molar-refractivity contribution in [3.05, 3.63) is 48.0 Å². The van der Waals surface area contributed by atoms with Gasteiger partial charge in [0.15, 0.2) is 11.5 Å². The van der Waals surface area contributed by atoms with Gasteiger partial charge in [-0.2, -0.15) is 0 Å². The summed E-state index contributed by atoms with van der Waals surface area (Å²) in [6.45, 7) is 7.13. The topological polar surface area (TPSA) is 60.0 Å². The molecule has 1 N–H and O–H groups in total. The average Bonchev–Trinajstić information content (AvgIpc) is 2.73. The highest BCUT2D eigenvalue weighted by molar-refractivity contribution is 6.02. The van der Waals surface area contributed by atoms with E-state index in [2.05, 4.69) is 24.1 Å². The van der Waals surface area contributed by atoms with E-state index in [0.717, 1.165) is 30.0 Å². The number of amides is 1. The first-order valence-corrected chi connectivity index (χ1v) is 9.46. The minimum atomic E-state index is -0.204. The first kappa shape index (κ1) is 19.6. The van der Waals surface area contributed by atoms with Gasteiger partial charge in [-0.05, 0) is 61.9 Å². The van der Waals surface area contributed by atoms with E-state index < -0.39 is 0 Å². The van der Waals surface area contributed by atoms with Gasteiger partial charge < -0.3 is 24.4 Å². The van der Waals surface area contributed by atoms with E-state index in [1.54, 1.807) is 13.2 Å². The number of nitrogens with one attached hydrogen (secondary N) is 1. The number of hydrogen-bond donors (Lipinski definition) is 1. The number of benzene rings is 2. The number of hydrogen-bond acceptors (Lipinski definition) is 5. The summed E-state index contributed by atoms with van der Waals surface area (Å²) in [6, 6.07) is 11.5. The number of nitrogens with zero attached hydrogens (tertiary/aromatic N) is 1. The number of ether oxygens (including phenoxy) is 3. The lowest BCUT2D eigenvalue weighted by Gasteiger charge is -2.21. The summed E-state index contributed by atoms with van der Waals surface area (Å²) in [5.41, 5.74) is 2.69. The standard InChI is InChI=1S/C22H26N2O4/c1-4-24(5-2)18-9-7-17(8-10-18)23-21(25)11-6-16-14-19(26-3)22-20(15-16)27-12-13-28-22/h6-11,14-15H,4-5,12-13H2,1-3H3,(H,23,25)/b11-6+. The first-order chi connectivity index (χ1) is 13.6. The fourth-order valence-electron chi connectivity index (χ4n) is 3.09. The van der Waals surface area contributed by atoms with Gasteiger partial charge in [0.1, 0.15) is 13.2 Å². The largest absolute Gasteiger partial charge is 0.493 e. The van der Waals surface area contributed by atoms with Gasteiger partial charge in [0.05, 0.1) is 7.11 Å². The Bertz CT molecular complexity index is 825. The van der Waals surface area contributed by atoms with Gasteiger partial charge in [-0.15, -0.1) is 0 Å². The summed E-state index contributed by atoms with van der Waals surface area (Å²) in [5.74, 6) is 1.61. The van der Waals surface area contributed by atoms with E-state index in [1.807, 2.05) is 36.4 Å². The maximum absolute atomic E-state index is 12.3. The smallest absolute Gasteiger partial charge is 0.248 e. The van der Waals surface area contributed by atoms with Crippen LogP contribution in [0.5, 0.6) is 17.2 Å². The second-order valence-corrected chi connectivity index (χ2v) is 6.29. The quantitative estimate of drug-likeness (QED) is 0.735. The second kappa shape index (κ2) is 9.17. The van der Waals surface area contributed by atoms with Crippen molar-refractivity contribution < 1.29 is 19.0 Å². The molecule has 28 heavy (non-hydrogen) atoms. The normalized spacial score (nSPS) is 12.7. The molecular weight excluding hydrogens is 356 g/mol. The molecule has 0 saturated heterocycles. The Morgan fingerprint density at radius 3 is 2.54 bits per heavy atom. The summed E-state index contributed by atoms with van der Waals surface area (Å²) < 4.78 is 16.6. The van der Waals surface area contributed by atoms with E-state index in [4.69, 9.17) is 14.2 Å². The third-order valence-electron chi connectivity index (χ3n) is 4.54. The van der Waals surface area contributed by atoms with Crippen LogP contribution < -0.4 is 24.4 Å². The molecule has 6 heteroatoms. The average molecular weight is 382 g/mol. The SMILES string of the molecule is CCN(CC)c1ccc(NC(=O)/C=C/c2cc(OC)c3c(c2)OCCO3)cc1. The van der Waals surface area contributed by atoms with Gasteiger partial charge in [-0.3, -0.25) is 4.79 Å². The molecule has 2 aromatic carbocycles. The lowest BCUT2D eigenvalue weighted by Crippen LogP contribution is -2.21. The molecule has 0 aromatic heterocycles. The number of fused-ring (bicyclic) bond motifs is 1. The van der Waals surface area contributed by atoms with Gasteiger partial charge >= 0.3 is 0 Å². The number of carbonyl (C=O) groups is 1. The zero-order valence-corrected chi connectivity index (χ0v) is 16.5. The zero-order valence-electron chi connectivity index (χ0n) is 16.5. The number of methoxy groups -OCH3 is 1. The molecule has 148 valence electrons. The minimum absolute atomic E-state index is 0.204. The molecule has 0 bridgehead atoms. The van der Waals surface area contributed by atoms with Crippen molar-refractivity contribution in [1.82, 2.24) is 0 Å². The summed E-state index contributed by atoms with van der Waals surface area (Å²) >= 11 is 0. The van der Waals surface area contributed by atoms with Crippen molar-refractivity contribution in [3.63, 3.8) is 0 Å². The lowest BCUT2D eigenvalue weighted by atomic mass is 10.1. The van der Waals surface area contributed by atoms with Crippen molar-refractivity contribution in [1.29, 1.82) is 0 Å². The van der Waals surface area contributed by atoms with Crippen LogP contribution in [0, 0.1) is 0 Å². The van der Waals surface area contributed by atoms with Crippen LogP contribution in [-0.2, 0) is 4.79 Å². The molecule has 1 aliphatic heterocycles. The summed E-state index contributed by atoms with van der Waals surface area (Å²) in [5, 5.41) is 2.87. The van der Waals surface area contributed by atoms with Gasteiger partial charge in [-0.1, -0.05) is 0 Å². The van der Waals surface area contributed by atoms with E-state index >= 15 is 0 Å². The summed E-state index contributed by atoms with van der Waals surface area (Å²) in [6.07, 6.45) is 3.21. The van der Waals surface area contributed by atoms with Crippen molar-refractivity contribution in [2.24, 2.45) is 0 Å². The molecule has 0 unspecified atom stereocenters. The summed E-state index contributed by atoms with van der Waals surface area (Å²) in [7, 11) is 1.58. The highest BCUT2D eigenvalue weighted by Crippen LogP contribution is 2.40. The Morgan fingerprint density at radius 2 is 1.86 bits per heavy atom. The number of carbonyl (C=O) groups excluding carboxylic acids is 1. The Balaban J connectivity index is 1.67. The molecule has 6 nitrogen and oxygen atoms in total. The third-order valence-corrected chi connectivity index (χ3v) is 4.54. The van der Waals surface area contributed by atoms with Crippen LogP contribution in [0.2, 0.25) is 0 Å². The maximum atomic E-state index is 12.3. The molecular formula is C22H26N2O4. The van der Waals surface area contributed by atoms with Gasteiger partial charge in [0.2, 0.25) is 11.7 Å². The van der Waals surface area contributed by atoms with Gasteiger partial charge in [0.25, 0.3) is 0 Å². The molecule has 0 aliphatic carbocycles. The Morgan fingerprint density at radius 1 is 1.14 bits per heavy atom. The Kier molecular flexibility index (Phi) is 6.42. The molecule has 3 rings (SSSR count). The molecule has 1 heterocycles. The van der Waals surface area contributed by atoms with Crippen LogP contribution in [0.4, 0.5) is 11.4 Å². The van der Waals surface area contributed by atoms with Crippen LogP contribution >= 0.6 is 0 Å². The van der Waals surface area contributed by atoms with E-state index in [9.17, 15) is 4.79 Å². The Labute approximate surface area is 165 Å². The molecule has 0 atom stereocenters. The predicted molar refractivity (Wildman–Crippen MR) is 112 cm³/mol. The van der Waals surface area contributed by atoms with Crippen LogP contribution in [0.1, 0.15) is 19.4 Å². The van der Waals surface area contributed by atoms with Crippen LogP contribution in [-0.4, -0.2) is 39.3 Å². The monoisotopic (exact) mass is 382 g/mol. The van der Waals surface area contributed by atoms with E-state index in [0.29, 0.717) is 30.5 Å². The highest BCUT2D eigenvalue weighted by Gasteiger charge is 2.17.